The first kappa shape index (κ1) is 20.5. The molecule has 1 N–H and O–H groups in total. The number of furan rings is 1. The van der Waals surface area contributed by atoms with Crippen molar-refractivity contribution in [1.29, 1.82) is 0 Å². The Morgan fingerprint density at radius 2 is 1.67 bits per heavy atom. The van der Waals surface area contributed by atoms with E-state index in [-0.39, 0.29) is 12.1 Å². The molecule has 5 rings (SSSR count). The molecular weight excluding hydrogens is 418 g/mol. The normalized spacial score (nSPS) is 15.5. The molecule has 2 aromatic heterocycles. The van der Waals surface area contributed by atoms with Gasteiger partial charge in [0.2, 0.25) is 0 Å². The number of carbonyl (C=O) groups excluding carboxylic acids is 3. The summed E-state index contributed by atoms with van der Waals surface area (Å²) in [5.74, 6) is -0.915. The first-order chi connectivity index (χ1) is 16.0. The van der Waals surface area contributed by atoms with Crippen LogP contribution < -0.4 is 5.32 Å². The van der Waals surface area contributed by atoms with Crippen LogP contribution >= 0.6 is 0 Å². The van der Waals surface area contributed by atoms with Crippen molar-refractivity contribution in [3.05, 3.63) is 101 Å². The minimum absolute atomic E-state index is 0.0585. The Balaban J connectivity index is 1.58. The highest BCUT2D eigenvalue weighted by Gasteiger charge is 2.36. The van der Waals surface area contributed by atoms with Crippen LogP contribution in [0.3, 0.4) is 0 Å². The van der Waals surface area contributed by atoms with E-state index in [2.05, 4.69) is 22.0 Å². The number of fused-ring (bicyclic) bond motifs is 1. The third-order valence-corrected chi connectivity index (χ3v) is 5.83. The molecule has 7 nitrogen and oxygen atoms in total. The van der Waals surface area contributed by atoms with Gasteiger partial charge < -0.3 is 8.98 Å². The van der Waals surface area contributed by atoms with Crippen molar-refractivity contribution in [2.75, 3.05) is 0 Å². The molecule has 1 aliphatic rings. The molecule has 1 saturated heterocycles. The Hall–Kier alpha value is -4.39. The summed E-state index contributed by atoms with van der Waals surface area (Å²) in [4.78, 5) is 39.1. The van der Waals surface area contributed by atoms with Crippen molar-refractivity contribution < 1.29 is 18.8 Å². The van der Waals surface area contributed by atoms with Crippen LogP contribution in [0.15, 0.2) is 83.0 Å². The standard InChI is InChI=1S/C26H21N3O4/c1-17-21(20-11-5-6-12-23(20)28(17)15-18-8-3-2-4-9-18)14-22-24(30)27-26(32)29(25(22)31)16-19-10-7-13-33-19/h2-14H,15-16H2,1H3,(H,27,30,32)/b22-14+. The van der Waals surface area contributed by atoms with Gasteiger partial charge in [0.1, 0.15) is 11.3 Å². The molecular formula is C26H21N3O4. The van der Waals surface area contributed by atoms with Crippen LogP contribution in [0.1, 0.15) is 22.6 Å². The van der Waals surface area contributed by atoms with Gasteiger partial charge in [-0.25, -0.2) is 4.79 Å². The maximum absolute atomic E-state index is 13.1. The van der Waals surface area contributed by atoms with Crippen LogP contribution in [0.5, 0.6) is 0 Å². The van der Waals surface area contributed by atoms with E-state index in [0.717, 1.165) is 32.6 Å². The van der Waals surface area contributed by atoms with Gasteiger partial charge in [-0.1, -0.05) is 48.5 Å². The maximum Gasteiger partial charge on any atom is 0.331 e. The predicted octanol–water partition coefficient (Wildman–Crippen LogP) is 4.25. The smallest absolute Gasteiger partial charge is 0.331 e. The van der Waals surface area contributed by atoms with Gasteiger partial charge in [0.25, 0.3) is 11.8 Å². The second kappa shape index (κ2) is 8.27. The fraction of sp³-hybridized carbons (Fsp3) is 0.115. The molecule has 4 amide bonds. The molecule has 0 radical (unpaired) electrons. The SMILES string of the molecule is Cc1c(/C=C2\C(=O)NC(=O)N(Cc3ccco3)C2=O)c2ccccc2n1Cc1ccccc1. The van der Waals surface area contributed by atoms with Crippen LogP contribution in [-0.4, -0.2) is 27.3 Å². The molecule has 33 heavy (non-hydrogen) atoms. The molecule has 2 aromatic carbocycles. The van der Waals surface area contributed by atoms with Crippen molar-refractivity contribution in [2.24, 2.45) is 0 Å². The van der Waals surface area contributed by atoms with Crippen LogP contribution in [0.25, 0.3) is 17.0 Å². The molecule has 4 aromatic rings. The number of imide groups is 2. The molecule has 0 spiro atoms. The highest BCUT2D eigenvalue weighted by Crippen LogP contribution is 2.30. The summed E-state index contributed by atoms with van der Waals surface area (Å²) in [5.41, 5.74) is 3.74. The van der Waals surface area contributed by atoms with Gasteiger partial charge in [-0.3, -0.25) is 19.8 Å². The second-order valence-corrected chi connectivity index (χ2v) is 7.88. The summed E-state index contributed by atoms with van der Waals surface area (Å²) in [5, 5.41) is 3.19. The van der Waals surface area contributed by atoms with Gasteiger partial charge >= 0.3 is 6.03 Å². The van der Waals surface area contributed by atoms with Gasteiger partial charge in [-0.2, -0.15) is 0 Å². The van der Waals surface area contributed by atoms with Crippen LogP contribution in [-0.2, 0) is 22.7 Å². The molecule has 0 aliphatic carbocycles. The quantitative estimate of drug-likeness (QED) is 0.372. The average Bonchev–Trinajstić information content (AvgIpc) is 3.42. The second-order valence-electron chi connectivity index (χ2n) is 7.88. The third kappa shape index (κ3) is 3.74. The molecule has 3 heterocycles. The lowest BCUT2D eigenvalue weighted by Gasteiger charge is -2.25. The van der Waals surface area contributed by atoms with Crippen molar-refractivity contribution in [1.82, 2.24) is 14.8 Å². The lowest BCUT2D eigenvalue weighted by Crippen LogP contribution is -2.53. The number of aromatic nitrogens is 1. The van der Waals surface area contributed by atoms with Crippen molar-refractivity contribution in [3.8, 4) is 0 Å². The summed E-state index contributed by atoms with van der Waals surface area (Å²) in [6.07, 6.45) is 3.05. The lowest BCUT2D eigenvalue weighted by molar-refractivity contribution is -0.130. The van der Waals surface area contributed by atoms with Gasteiger partial charge in [0.05, 0.1) is 12.8 Å². The summed E-state index contributed by atoms with van der Waals surface area (Å²) in [6.45, 7) is 2.56. The number of para-hydroxylation sites is 1. The molecule has 1 aliphatic heterocycles. The minimum atomic E-state index is -0.762. The number of rotatable bonds is 5. The molecule has 7 heteroatoms. The van der Waals surface area contributed by atoms with E-state index in [1.165, 1.54) is 6.26 Å². The van der Waals surface area contributed by atoms with E-state index in [0.29, 0.717) is 12.3 Å². The molecule has 1 fully saturated rings. The van der Waals surface area contributed by atoms with Crippen molar-refractivity contribution in [3.63, 3.8) is 0 Å². The number of carbonyl (C=O) groups is 3. The molecule has 164 valence electrons. The fourth-order valence-corrected chi connectivity index (χ4v) is 4.15. The molecule has 0 bridgehead atoms. The number of hydrogen-bond donors (Lipinski definition) is 1. The highest BCUT2D eigenvalue weighted by molar-refractivity contribution is 6.31. The Kier molecular flexibility index (Phi) is 5.14. The van der Waals surface area contributed by atoms with Crippen molar-refractivity contribution >= 4 is 34.8 Å². The zero-order chi connectivity index (χ0) is 22.9. The number of nitrogens with zero attached hydrogens (tertiary/aromatic N) is 2. The fourth-order valence-electron chi connectivity index (χ4n) is 4.15. The zero-order valence-corrected chi connectivity index (χ0v) is 17.9. The number of hydrogen-bond acceptors (Lipinski definition) is 4. The third-order valence-electron chi connectivity index (χ3n) is 5.83. The Morgan fingerprint density at radius 1 is 0.909 bits per heavy atom. The summed E-state index contributed by atoms with van der Waals surface area (Å²) < 4.78 is 7.43. The Labute approximate surface area is 189 Å². The van der Waals surface area contributed by atoms with Crippen molar-refractivity contribution in [2.45, 2.75) is 20.0 Å². The van der Waals surface area contributed by atoms with E-state index in [1.807, 2.05) is 49.4 Å². The first-order valence-corrected chi connectivity index (χ1v) is 10.6. The largest absolute Gasteiger partial charge is 0.467 e. The predicted molar refractivity (Wildman–Crippen MR) is 123 cm³/mol. The van der Waals surface area contributed by atoms with E-state index < -0.39 is 17.8 Å². The molecule has 0 atom stereocenters. The van der Waals surface area contributed by atoms with Gasteiger partial charge in [0.15, 0.2) is 0 Å². The lowest BCUT2D eigenvalue weighted by atomic mass is 10.0. The van der Waals surface area contributed by atoms with Crippen LogP contribution in [0, 0.1) is 6.92 Å². The number of nitrogens with one attached hydrogen (secondary N) is 1. The number of benzene rings is 2. The number of urea groups is 1. The highest BCUT2D eigenvalue weighted by atomic mass is 16.3. The summed E-state index contributed by atoms with van der Waals surface area (Å²) in [7, 11) is 0. The van der Waals surface area contributed by atoms with E-state index in [9.17, 15) is 14.4 Å². The number of amides is 4. The Bertz CT molecular complexity index is 1400. The molecule has 0 unspecified atom stereocenters. The zero-order valence-electron chi connectivity index (χ0n) is 17.9. The van der Waals surface area contributed by atoms with Crippen LogP contribution in [0.4, 0.5) is 4.79 Å². The average molecular weight is 439 g/mol. The van der Waals surface area contributed by atoms with Gasteiger partial charge in [-0.05, 0) is 36.8 Å². The Morgan fingerprint density at radius 3 is 2.42 bits per heavy atom. The summed E-state index contributed by atoms with van der Waals surface area (Å²) >= 11 is 0. The summed E-state index contributed by atoms with van der Waals surface area (Å²) in [6, 6.07) is 20.5. The topological polar surface area (TPSA) is 84.6 Å². The van der Waals surface area contributed by atoms with Crippen LogP contribution in [0.2, 0.25) is 0 Å². The number of barbiturate groups is 1. The van der Waals surface area contributed by atoms with Gasteiger partial charge in [0, 0.05) is 28.7 Å². The van der Waals surface area contributed by atoms with E-state index in [1.54, 1.807) is 18.2 Å². The van der Waals surface area contributed by atoms with E-state index in [4.69, 9.17) is 4.42 Å². The minimum Gasteiger partial charge on any atom is -0.467 e. The monoisotopic (exact) mass is 439 g/mol. The molecule has 0 saturated carbocycles. The van der Waals surface area contributed by atoms with Gasteiger partial charge in [-0.15, -0.1) is 0 Å². The maximum atomic E-state index is 13.1. The first-order valence-electron chi connectivity index (χ1n) is 10.6. The van der Waals surface area contributed by atoms with E-state index >= 15 is 0 Å².